The second kappa shape index (κ2) is 3.37. The van der Waals surface area contributed by atoms with Crippen LogP contribution >= 0.6 is 0 Å². The smallest absolute Gasteiger partial charge is 0.111 e. The van der Waals surface area contributed by atoms with Crippen molar-refractivity contribution in [3.63, 3.8) is 0 Å². The summed E-state index contributed by atoms with van der Waals surface area (Å²) >= 11 is 0. The minimum atomic E-state index is -0.0661. The molecule has 0 aromatic carbocycles. The largest absolute Gasteiger partial charge is 0.323 e. The van der Waals surface area contributed by atoms with Crippen LogP contribution in [0.2, 0.25) is 0 Å². The number of aromatic nitrogens is 2. The third-order valence-corrected chi connectivity index (χ3v) is 1.70. The molecule has 2 N–H and O–H groups in total. The Morgan fingerprint density at radius 3 is 2.92 bits per heavy atom. The molecule has 0 saturated heterocycles. The molecule has 12 heavy (non-hydrogen) atoms. The van der Waals surface area contributed by atoms with Crippen molar-refractivity contribution in [2.24, 2.45) is 5.73 Å². The SMILES string of the molecule is Cc1nc([C@H](C)N)cn1CC#N. The zero-order valence-corrected chi connectivity index (χ0v) is 7.28. The quantitative estimate of drug-likeness (QED) is 0.700. The van der Waals surface area contributed by atoms with E-state index in [2.05, 4.69) is 11.1 Å². The molecule has 64 valence electrons. The van der Waals surface area contributed by atoms with Crippen LogP contribution in [-0.2, 0) is 6.54 Å². The maximum atomic E-state index is 8.46. The Morgan fingerprint density at radius 1 is 1.83 bits per heavy atom. The molecule has 4 heteroatoms. The van der Waals surface area contributed by atoms with E-state index in [1.807, 2.05) is 20.0 Å². The summed E-state index contributed by atoms with van der Waals surface area (Å²) < 4.78 is 1.79. The summed E-state index contributed by atoms with van der Waals surface area (Å²) in [6.45, 7) is 4.08. The molecule has 0 radical (unpaired) electrons. The van der Waals surface area contributed by atoms with Crippen LogP contribution in [0, 0.1) is 18.3 Å². The van der Waals surface area contributed by atoms with Gasteiger partial charge >= 0.3 is 0 Å². The van der Waals surface area contributed by atoms with Crippen LogP contribution in [0.3, 0.4) is 0 Å². The molecule has 0 saturated carbocycles. The Morgan fingerprint density at radius 2 is 2.50 bits per heavy atom. The highest BCUT2D eigenvalue weighted by atomic mass is 15.1. The summed E-state index contributed by atoms with van der Waals surface area (Å²) in [7, 11) is 0. The van der Waals surface area contributed by atoms with Gasteiger partial charge in [0.25, 0.3) is 0 Å². The summed E-state index contributed by atoms with van der Waals surface area (Å²) in [5, 5.41) is 8.46. The van der Waals surface area contributed by atoms with E-state index in [0.717, 1.165) is 11.5 Å². The van der Waals surface area contributed by atoms with Crippen molar-refractivity contribution in [2.75, 3.05) is 0 Å². The standard InChI is InChI=1S/C8H12N4/c1-6(10)8-5-12(4-3-9)7(2)11-8/h5-6H,4,10H2,1-2H3/t6-/m0/s1. The molecular weight excluding hydrogens is 152 g/mol. The fourth-order valence-electron chi connectivity index (χ4n) is 0.989. The number of nitriles is 1. The highest BCUT2D eigenvalue weighted by Gasteiger charge is 2.06. The Balaban J connectivity index is 2.94. The third kappa shape index (κ3) is 1.63. The van der Waals surface area contributed by atoms with Crippen LogP contribution in [0.1, 0.15) is 24.5 Å². The van der Waals surface area contributed by atoms with Crippen LogP contribution in [0.15, 0.2) is 6.20 Å². The maximum absolute atomic E-state index is 8.46. The molecule has 1 atom stereocenters. The van der Waals surface area contributed by atoms with E-state index in [9.17, 15) is 0 Å². The monoisotopic (exact) mass is 164 g/mol. The van der Waals surface area contributed by atoms with Crippen LogP contribution < -0.4 is 5.73 Å². The predicted molar refractivity (Wildman–Crippen MR) is 45.2 cm³/mol. The minimum absolute atomic E-state index is 0.0661. The molecule has 0 bridgehead atoms. The average molecular weight is 164 g/mol. The molecule has 0 spiro atoms. The van der Waals surface area contributed by atoms with Gasteiger partial charge in [-0.25, -0.2) is 4.98 Å². The molecular formula is C8H12N4. The Bertz CT molecular complexity index is 305. The van der Waals surface area contributed by atoms with Crippen molar-refractivity contribution in [3.8, 4) is 6.07 Å². The number of imidazole rings is 1. The van der Waals surface area contributed by atoms with E-state index in [1.165, 1.54) is 0 Å². The Kier molecular flexibility index (Phi) is 2.46. The summed E-state index contributed by atoms with van der Waals surface area (Å²) in [6, 6.07) is 1.99. The van der Waals surface area contributed by atoms with Gasteiger partial charge in [0, 0.05) is 12.2 Å². The first kappa shape index (κ1) is 8.75. The van der Waals surface area contributed by atoms with Crippen molar-refractivity contribution in [3.05, 3.63) is 17.7 Å². The number of nitrogens with two attached hydrogens (primary N) is 1. The summed E-state index contributed by atoms with van der Waals surface area (Å²) in [5.41, 5.74) is 6.47. The highest BCUT2D eigenvalue weighted by molar-refractivity contribution is 5.07. The Hall–Kier alpha value is -1.34. The lowest BCUT2D eigenvalue weighted by Crippen LogP contribution is -2.04. The fraction of sp³-hybridized carbons (Fsp3) is 0.500. The first-order valence-corrected chi connectivity index (χ1v) is 3.81. The lowest BCUT2D eigenvalue weighted by molar-refractivity contribution is 0.780. The number of nitrogens with zero attached hydrogens (tertiary/aromatic N) is 3. The molecule has 0 unspecified atom stereocenters. The van der Waals surface area contributed by atoms with E-state index in [4.69, 9.17) is 11.0 Å². The van der Waals surface area contributed by atoms with Crippen LogP contribution in [-0.4, -0.2) is 9.55 Å². The maximum Gasteiger partial charge on any atom is 0.111 e. The number of rotatable bonds is 2. The Labute approximate surface area is 71.6 Å². The topological polar surface area (TPSA) is 67.6 Å². The molecule has 1 aromatic heterocycles. The molecule has 0 aliphatic rings. The fourth-order valence-corrected chi connectivity index (χ4v) is 0.989. The van der Waals surface area contributed by atoms with Crippen molar-refractivity contribution >= 4 is 0 Å². The van der Waals surface area contributed by atoms with Crippen LogP contribution in [0.5, 0.6) is 0 Å². The molecule has 1 aromatic rings. The van der Waals surface area contributed by atoms with Crippen LogP contribution in [0.4, 0.5) is 0 Å². The zero-order valence-electron chi connectivity index (χ0n) is 7.28. The van der Waals surface area contributed by atoms with Gasteiger partial charge in [-0.3, -0.25) is 0 Å². The van der Waals surface area contributed by atoms with Crippen molar-refractivity contribution < 1.29 is 0 Å². The second-order valence-electron chi connectivity index (χ2n) is 2.79. The first-order chi connectivity index (χ1) is 5.65. The second-order valence-corrected chi connectivity index (χ2v) is 2.79. The molecule has 0 aliphatic carbocycles. The molecule has 0 amide bonds. The van der Waals surface area contributed by atoms with Gasteiger partial charge in [0.05, 0.1) is 11.8 Å². The number of hydrogen-bond acceptors (Lipinski definition) is 3. The van der Waals surface area contributed by atoms with Crippen molar-refractivity contribution in [1.82, 2.24) is 9.55 Å². The average Bonchev–Trinajstić information content (AvgIpc) is 2.34. The van der Waals surface area contributed by atoms with E-state index in [-0.39, 0.29) is 6.04 Å². The molecule has 1 rings (SSSR count). The van der Waals surface area contributed by atoms with Crippen LogP contribution in [0.25, 0.3) is 0 Å². The van der Waals surface area contributed by atoms with Crippen molar-refractivity contribution in [2.45, 2.75) is 26.4 Å². The molecule has 1 heterocycles. The number of aryl methyl sites for hydroxylation is 1. The third-order valence-electron chi connectivity index (χ3n) is 1.70. The van der Waals surface area contributed by atoms with Gasteiger partial charge in [-0.2, -0.15) is 5.26 Å². The lowest BCUT2D eigenvalue weighted by Gasteiger charge is -1.96. The highest BCUT2D eigenvalue weighted by Crippen LogP contribution is 2.08. The van der Waals surface area contributed by atoms with Gasteiger partial charge in [0.1, 0.15) is 12.4 Å². The summed E-state index contributed by atoms with van der Waals surface area (Å²) in [6.07, 6.45) is 1.82. The zero-order chi connectivity index (χ0) is 9.14. The van der Waals surface area contributed by atoms with Gasteiger partial charge in [-0.1, -0.05) is 0 Å². The van der Waals surface area contributed by atoms with E-state index in [0.29, 0.717) is 6.54 Å². The first-order valence-electron chi connectivity index (χ1n) is 3.81. The molecule has 0 fully saturated rings. The predicted octanol–water partition coefficient (Wildman–Crippen LogP) is 0.735. The van der Waals surface area contributed by atoms with E-state index in [1.54, 1.807) is 4.57 Å². The van der Waals surface area contributed by atoms with E-state index >= 15 is 0 Å². The molecule has 4 nitrogen and oxygen atoms in total. The van der Waals surface area contributed by atoms with Gasteiger partial charge in [0.2, 0.25) is 0 Å². The van der Waals surface area contributed by atoms with Crippen molar-refractivity contribution in [1.29, 1.82) is 5.26 Å². The van der Waals surface area contributed by atoms with Gasteiger partial charge < -0.3 is 10.3 Å². The summed E-state index contributed by atoms with van der Waals surface area (Å²) in [5.74, 6) is 0.837. The van der Waals surface area contributed by atoms with E-state index < -0.39 is 0 Å². The van der Waals surface area contributed by atoms with Gasteiger partial charge in [0.15, 0.2) is 0 Å². The van der Waals surface area contributed by atoms with Gasteiger partial charge in [-0.15, -0.1) is 0 Å². The number of hydrogen-bond donors (Lipinski definition) is 1. The normalized spacial score (nSPS) is 12.5. The lowest BCUT2D eigenvalue weighted by atomic mass is 10.3. The van der Waals surface area contributed by atoms with Gasteiger partial charge in [-0.05, 0) is 13.8 Å². The molecule has 0 aliphatic heterocycles. The summed E-state index contributed by atoms with van der Waals surface area (Å²) in [4.78, 5) is 4.22. The minimum Gasteiger partial charge on any atom is -0.323 e.